The molecule has 5 nitrogen and oxygen atoms in total. The normalized spacial score (nSPS) is 14.6. The monoisotopic (exact) mass is 315 g/mol. The van der Waals surface area contributed by atoms with Crippen LogP contribution >= 0.6 is 0 Å². The van der Waals surface area contributed by atoms with Gasteiger partial charge in [-0.05, 0) is 6.42 Å². The molecule has 0 aliphatic rings. The van der Waals surface area contributed by atoms with Gasteiger partial charge in [0, 0.05) is 18.8 Å². The smallest absolute Gasteiger partial charge is 0.192 e. The highest BCUT2D eigenvalue weighted by molar-refractivity contribution is 5.84. The van der Waals surface area contributed by atoms with Crippen molar-refractivity contribution in [3.63, 3.8) is 0 Å². The van der Waals surface area contributed by atoms with Crippen LogP contribution in [0.15, 0.2) is 0 Å². The summed E-state index contributed by atoms with van der Waals surface area (Å²) in [6, 6.07) is -0.710. The predicted octanol–water partition coefficient (Wildman–Crippen LogP) is 1.27. The van der Waals surface area contributed by atoms with Gasteiger partial charge in [0.25, 0.3) is 0 Å². The van der Waals surface area contributed by atoms with Crippen LogP contribution in [0.4, 0.5) is 0 Å². The quantitative estimate of drug-likeness (QED) is 0.410. The summed E-state index contributed by atoms with van der Waals surface area (Å²) in [6.07, 6.45) is 6.59. The molecule has 0 aromatic carbocycles. The number of unbranched alkanes of at least 4 members (excludes halogenated alkanes) is 6. The van der Waals surface area contributed by atoms with Gasteiger partial charge in [0.1, 0.15) is 6.10 Å². The first-order valence-electron chi connectivity index (χ1n) is 8.41. The van der Waals surface area contributed by atoms with E-state index in [0.717, 1.165) is 19.3 Å². The first-order valence-corrected chi connectivity index (χ1v) is 8.41. The number of ketones is 1. The minimum atomic E-state index is -1.32. The molecule has 0 saturated carbocycles. The maximum Gasteiger partial charge on any atom is 0.192 e. The van der Waals surface area contributed by atoms with Crippen molar-refractivity contribution >= 4 is 11.8 Å². The highest BCUT2D eigenvalue weighted by atomic mass is 16.4. The van der Waals surface area contributed by atoms with Gasteiger partial charge in [0.05, 0.1) is 21.1 Å². The van der Waals surface area contributed by atoms with Crippen molar-refractivity contribution in [2.75, 3.05) is 21.1 Å². The Hall–Kier alpha value is -0.940. The molecule has 22 heavy (non-hydrogen) atoms. The zero-order chi connectivity index (χ0) is 17.2. The summed E-state index contributed by atoms with van der Waals surface area (Å²) < 4.78 is 0.226. The van der Waals surface area contributed by atoms with Crippen molar-refractivity contribution in [3.05, 3.63) is 0 Å². The summed E-state index contributed by atoms with van der Waals surface area (Å²) in [7, 11) is 5.39. The second-order valence-corrected chi connectivity index (χ2v) is 7.04. The third-order valence-corrected chi connectivity index (χ3v) is 3.93. The Morgan fingerprint density at radius 1 is 1.00 bits per heavy atom. The van der Waals surface area contributed by atoms with E-state index in [1.807, 2.05) is 0 Å². The van der Waals surface area contributed by atoms with Gasteiger partial charge in [0.2, 0.25) is 0 Å². The third kappa shape index (κ3) is 9.15. The Morgan fingerprint density at radius 2 is 1.50 bits per heavy atom. The van der Waals surface area contributed by atoms with Crippen molar-refractivity contribution in [3.8, 4) is 0 Å². The average molecular weight is 315 g/mol. The summed E-state index contributed by atoms with van der Waals surface area (Å²) in [5, 5.41) is 20.7. The van der Waals surface area contributed by atoms with Crippen LogP contribution in [0.3, 0.4) is 0 Å². The van der Waals surface area contributed by atoms with Crippen molar-refractivity contribution in [2.24, 2.45) is 0 Å². The van der Waals surface area contributed by atoms with Gasteiger partial charge in [0.15, 0.2) is 11.8 Å². The minimum absolute atomic E-state index is 0.0604. The molecule has 0 bridgehead atoms. The van der Waals surface area contributed by atoms with Crippen molar-refractivity contribution < 1.29 is 24.3 Å². The molecular weight excluding hydrogens is 282 g/mol. The molecule has 0 saturated heterocycles. The molecular formula is C17H33NO4. The second-order valence-electron chi connectivity index (χ2n) is 7.04. The Kier molecular flexibility index (Phi) is 10.3. The number of carbonyl (C=O) groups excluding carboxylic acids is 2. The number of aliphatic hydroxyl groups excluding tert-OH is 1. The van der Waals surface area contributed by atoms with E-state index in [-0.39, 0.29) is 10.3 Å². The van der Waals surface area contributed by atoms with Crippen molar-refractivity contribution in [2.45, 2.75) is 76.9 Å². The molecule has 0 aliphatic heterocycles. The molecule has 1 N–H and O–H groups in total. The molecule has 130 valence electrons. The minimum Gasteiger partial charge on any atom is -0.550 e. The van der Waals surface area contributed by atoms with Gasteiger partial charge in [-0.2, -0.15) is 0 Å². The summed E-state index contributed by atoms with van der Waals surface area (Å²) in [6.45, 7) is 2.18. The Morgan fingerprint density at radius 3 is 1.95 bits per heavy atom. The van der Waals surface area contributed by atoms with Crippen LogP contribution in [-0.2, 0) is 9.59 Å². The van der Waals surface area contributed by atoms with Crippen LogP contribution in [0, 0.1) is 0 Å². The fraction of sp³-hybridized carbons (Fsp3) is 0.882. The molecule has 0 fully saturated rings. The number of aliphatic hydroxyl groups is 1. The number of rotatable bonds is 13. The lowest BCUT2D eigenvalue weighted by molar-refractivity contribution is -0.890. The number of likely N-dealkylation sites (N-methyl/N-ethyl adjacent to an activating group) is 1. The molecule has 0 aromatic rings. The first kappa shape index (κ1) is 21.1. The number of Topliss-reactive ketones (excluding diaryl/α,β-unsaturated/α-hetero) is 1. The number of nitrogens with zero attached hydrogens (tertiary/aromatic N) is 1. The largest absolute Gasteiger partial charge is 0.550 e. The van der Waals surface area contributed by atoms with Gasteiger partial charge >= 0.3 is 0 Å². The second kappa shape index (κ2) is 10.7. The van der Waals surface area contributed by atoms with E-state index in [2.05, 4.69) is 6.92 Å². The molecule has 0 spiro atoms. The van der Waals surface area contributed by atoms with E-state index in [4.69, 9.17) is 0 Å². The van der Waals surface area contributed by atoms with Gasteiger partial charge in [-0.25, -0.2) is 0 Å². The fourth-order valence-electron chi connectivity index (χ4n) is 2.85. The fourth-order valence-corrected chi connectivity index (χ4v) is 2.85. The van der Waals surface area contributed by atoms with Crippen LogP contribution in [-0.4, -0.2) is 54.6 Å². The van der Waals surface area contributed by atoms with E-state index in [1.165, 1.54) is 25.7 Å². The summed E-state index contributed by atoms with van der Waals surface area (Å²) in [5.41, 5.74) is 0. The van der Waals surface area contributed by atoms with E-state index >= 15 is 0 Å². The van der Waals surface area contributed by atoms with Crippen LogP contribution in [0.2, 0.25) is 0 Å². The lowest BCUT2D eigenvalue weighted by Crippen LogP contribution is -2.57. The average Bonchev–Trinajstić information content (AvgIpc) is 2.35. The van der Waals surface area contributed by atoms with Crippen LogP contribution in [0.5, 0.6) is 0 Å². The maximum atomic E-state index is 12.4. The van der Waals surface area contributed by atoms with E-state index in [9.17, 15) is 19.8 Å². The zero-order valence-corrected chi connectivity index (χ0v) is 14.6. The molecule has 2 unspecified atom stereocenters. The number of hydrogen-bond acceptors (Lipinski definition) is 4. The molecule has 0 aliphatic carbocycles. The summed E-state index contributed by atoms with van der Waals surface area (Å²) >= 11 is 0. The Balaban J connectivity index is 4.27. The molecule has 2 atom stereocenters. The molecule has 5 heteroatoms. The third-order valence-electron chi connectivity index (χ3n) is 3.93. The zero-order valence-electron chi connectivity index (χ0n) is 14.6. The Bertz CT molecular complexity index is 336. The highest BCUT2D eigenvalue weighted by Gasteiger charge is 2.37. The van der Waals surface area contributed by atoms with Gasteiger partial charge in [-0.3, -0.25) is 4.79 Å². The van der Waals surface area contributed by atoms with Crippen molar-refractivity contribution in [1.82, 2.24) is 0 Å². The molecule has 0 radical (unpaired) electrons. The molecule has 0 aromatic heterocycles. The molecule has 0 rings (SSSR count). The number of aliphatic carboxylic acids is 1. The van der Waals surface area contributed by atoms with Gasteiger partial charge in [-0.15, -0.1) is 0 Å². The standard InChI is InChI=1S/C17H33NO4/c1-5-6-7-8-9-10-11-12-14(19)17(18(2,3)4)15(20)13-16(21)22/h15,17,20H,5-13H2,1-4H3. The van der Waals surface area contributed by atoms with Crippen molar-refractivity contribution in [1.29, 1.82) is 0 Å². The van der Waals surface area contributed by atoms with E-state index in [1.54, 1.807) is 21.1 Å². The van der Waals surface area contributed by atoms with Gasteiger partial charge < -0.3 is 19.5 Å². The van der Waals surface area contributed by atoms with E-state index in [0.29, 0.717) is 6.42 Å². The van der Waals surface area contributed by atoms with Gasteiger partial charge in [-0.1, -0.05) is 45.4 Å². The van der Waals surface area contributed by atoms with Crippen LogP contribution < -0.4 is 5.11 Å². The highest BCUT2D eigenvalue weighted by Crippen LogP contribution is 2.16. The van der Waals surface area contributed by atoms with Crippen LogP contribution in [0.25, 0.3) is 0 Å². The van der Waals surface area contributed by atoms with E-state index < -0.39 is 24.5 Å². The maximum absolute atomic E-state index is 12.4. The summed E-state index contributed by atoms with van der Waals surface area (Å²) in [4.78, 5) is 23.0. The number of hydrogen-bond donors (Lipinski definition) is 1. The Labute approximate surface area is 134 Å². The lowest BCUT2D eigenvalue weighted by Gasteiger charge is -2.36. The molecule has 0 amide bonds. The summed E-state index contributed by atoms with van der Waals surface area (Å²) in [5.74, 6) is -1.38. The number of carboxylic acid groups (broad SMARTS) is 1. The number of carboxylic acids is 1. The molecule has 0 heterocycles. The SMILES string of the molecule is CCCCCCCCCC(=O)C(C(O)CC(=O)[O-])[N+](C)(C)C. The number of carbonyl (C=O) groups is 2. The lowest BCUT2D eigenvalue weighted by atomic mass is 9.96. The predicted molar refractivity (Wildman–Crippen MR) is 85.1 cm³/mol. The number of quaternary nitrogens is 1. The van der Waals surface area contributed by atoms with Crippen LogP contribution in [0.1, 0.15) is 64.7 Å². The first-order chi connectivity index (χ1) is 10.2. The topological polar surface area (TPSA) is 77.4 Å².